The van der Waals surface area contributed by atoms with E-state index in [9.17, 15) is 0 Å². The summed E-state index contributed by atoms with van der Waals surface area (Å²) >= 11 is 0. The van der Waals surface area contributed by atoms with Gasteiger partial charge in [0.15, 0.2) is 5.82 Å². The molecule has 0 bridgehead atoms. The number of rotatable bonds is 4. The zero-order valence-corrected chi connectivity index (χ0v) is 9.03. The highest BCUT2D eigenvalue weighted by Crippen LogP contribution is 2.20. The first-order valence-electron chi connectivity index (χ1n) is 5.51. The van der Waals surface area contributed by atoms with Crippen LogP contribution >= 0.6 is 0 Å². The van der Waals surface area contributed by atoms with Crippen molar-refractivity contribution in [2.24, 2.45) is 0 Å². The number of piperidine rings is 1. The summed E-state index contributed by atoms with van der Waals surface area (Å²) < 4.78 is 10.3. The molecular formula is C10H17N3O2. The SMILES string of the molecule is CCOCc1nc([C@H]2CCCNC2)no1. The second-order valence-corrected chi connectivity index (χ2v) is 3.73. The van der Waals surface area contributed by atoms with E-state index in [1.807, 2.05) is 6.92 Å². The van der Waals surface area contributed by atoms with Gasteiger partial charge in [-0.25, -0.2) is 0 Å². The third-order valence-corrected chi connectivity index (χ3v) is 2.58. The van der Waals surface area contributed by atoms with Crippen LogP contribution in [0.15, 0.2) is 4.52 Å². The van der Waals surface area contributed by atoms with E-state index in [1.54, 1.807) is 0 Å². The number of nitrogens with one attached hydrogen (secondary N) is 1. The fraction of sp³-hybridized carbons (Fsp3) is 0.800. The molecule has 0 aliphatic carbocycles. The summed E-state index contributed by atoms with van der Waals surface area (Å²) in [7, 11) is 0. The van der Waals surface area contributed by atoms with Crippen LogP contribution in [0.25, 0.3) is 0 Å². The minimum Gasteiger partial charge on any atom is -0.372 e. The Labute approximate surface area is 89.2 Å². The summed E-state index contributed by atoms with van der Waals surface area (Å²) in [5.74, 6) is 1.80. The van der Waals surface area contributed by atoms with Crippen LogP contribution in [0.2, 0.25) is 0 Å². The van der Waals surface area contributed by atoms with Crippen molar-refractivity contribution < 1.29 is 9.26 Å². The van der Waals surface area contributed by atoms with Crippen LogP contribution in [0.1, 0.15) is 37.4 Å². The van der Waals surface area contributed by atoms with E-state index in [0.29, 0.717) is 25.0 Å². The first-order chi connectivity index (χ1) is 7.40. The summed E-state index contributed by atoms with van der Waals surface area (Å²) in [6.07, 6.45) is 2.32. The van der Waals surface area contributed by atoms with E-state index in [0.717, 1.165) is 25.3 Å². The van der Waals surface area contributed by atoms with Gasteiger partial charge in [0.05, 0.1) is 0 Å². The minimum absolute atomic E-state index is 0.401. The molecule has 2 heterocycles. The van der Waals surface area contributed by atoms with Crippen molar-refractivity contribution in [3.05, 3.63) is 11.7 Å². The van der Waals surface area contributed by atoms with Crippen LogP contribution in [0.3, 0.4) is 0 Å². The lowest BCUT2D eigenvalue weighted by Gasteiger charge is -2.19. The van der Waals surface area contributed by atoms with Gasteiger partial charge in [-0.1, -0.05) is 5.16 Å². The molecule has 1 N–H and O–H groups in total. The molecule has 0 spiro atoms. The molecule has 5 heteroatoms. The van der Waals surface area contributed by atoms with Crippen LogP contribution in [-0.4, -0.2) is 29.8 Å². The van der Waals surface area contributed by atoms with Crippen molar-refractivity contribution in [3.63, 3.8) is 0 Å². The van der Waals surface area contributed by atoms with E-state index in [1.165, 1.54) is 6.42 Å². The van der Waals surface area contributed by atoms with Gasteiger partial charge in [-0.2, -0.15) is 4.98 Å². The molecule has 0 saturated carbocycles. The summed E-state index contributed by atoms with van der Waals surface area (Å²) in [4.78, 5) is 4.33. The lowest BCUT2D eigenvalue weighted by atomic mass is 9.99. The van der Waals surface area contributed by atoms with E-state index >= 15 is 0 Å². The minimum atomic E-state index is 0.401. The Kier molecular flexibility index (Phi) is 3.69. The second kappa shape index (κ2) is 5.23. The van der Waals surface area contributed by atoms with Crippen LogP contribution in [0.5, 0.6) is 0 Å². The van der Waals surface area contributed by atoms with Crippen molar-refractivity contribution in [2.45, 2.75) is 32.3 Å². The topological polar surface area (TPSA) is 60.2 Å². The number of ether oxygens (including phenoxy) is 1. The third-order valence-electron chi connectivity index (χ3n) is 2.58. The highest BCUT2D eigenvalue weighted by molar-refractivity contribution is 4.97. The Morgan fingerprint density at radius 2 is 2.53 bits per heavy atom. The van der Waals surface area contributed by atoms with Crippen molar-refractivity contribution in [1.82, 2.24) is 15.5 Å². The highest BCUT2D eigenvalue weighted by Gasteiger charge is 2.20. The standard InChI is InChI=1S/C10H17N3O2/c1-2-14-7-9-12-10(13-15-9)8-4-3-5-11-6-8/h8,11H,2-7H2,1H3/t8-/m0/s1. The molecule has 0 radical (unpaired) electrons. The lowest BCUT2D eigenvalue weighted by molar-refractivity contribution is 0.109. The van der Waals surface area contributed by atoms with Crippen LogP contribution in [-0.2, 0) is 11.3 Å². The maximum absolute atomic E-state index is 5.21. The van der Waals surface area contributed by atoms with Gasteiger partial charge in [0.25, 0.3) is 5.89 Å². The van der Waals surface area contributed by atoms with Crippen molar-refractivity contribution >= 4 is 0 Å². The first-order valence-corrected chi connectivity index (χ1v) is 5.51. The summed E-state index contributed by atoms with van der Waals surface area (Å²) in [5, 5.41) is 7.32. The van der Waals surface area contributed by atoms with Crippen LogP contribution in [0.4, 0.5) is 0 Å². The van der Waals surface area contributed by atoms with Crippen molar-refractivity contribution in [2.75, 3.05) is 19.7 Å². The molecule has 1 aliphatic rings. The van der Waals surface area contributed by atoms with Crippen molar-refractivity contribution in [1.29, 1.82) is 0 Å². The Morgan fingerprint density at radius 1 is 1.60 bits per heavy atom. The number of aromatic nitrogens is 2. The molecule has 5 nitrogen and oxygen atoms in total. The smallest absolute Gasteiger partial charge is 0.252 e. The van der Waals surface area contributed by atoms with Gasteiger partial charge in [-0.3, -0.25) is 0 Å². The van der Waals surface area contributed by atoms with Gasteiger partial charge in [-0.15, -0.1) is 0 Å². The Balaban J connectivity index is 1.93. The molecule has 0 unspecified atom stereocenters. The molecule has 1 aliphatic heterocycles. The van der Waals surface area contributed by atoms with Crippen molar-refractivity contribution in [3.8, 4) is 0 Å². The molecule has 1 aromatic heterocycles. The number of hydrogen-bond donors (Lipinski definition) is 1. The fourth-order valence-electron chi connectivity index (χ4n) is 1.75. The Hall–Kier alpha value is -0.940. The summed E-state index contributed by atoms with van der Waals surface area (Å²) in [6, 6.07) is 0. The zero-order chi connectivity index (χ0) is 10.5. The van der Waals surface area contributed by atoms with E-state index < -0.39 is 0 Å². The zero-order valence-electron chi connectivity index (χ0n) is 9.03. The molecule has 0 amide bonds. The summed E-state index contributed by atoms with van der Waals surface area (Å²) in [5.41, 5.74) is 0. The molecule has 1 saturated heterocycles. The van der Waals surface area contributed by atoms with Gasteiger partial charge in [0.1, 0.15) is 6.61 Å². The molecule has 1 fully saturated rings. The number of hydrogen-bond acceptors (Lipinski definition) is 5. The maximum atomic E-state index is 5.21. The maximum Gasteiger partial charge on any atom is 0.252 e. The van der Waals surface area contributed by atoms with Gasteiger partial charge < -0.3 is 14.6 Å². The lowest BCUT2D eigenvalue weighted by Crippen LogP contribution is -2.28. The molecule has 2 rings (SSSR count). The first kappa shape index (κ1) is 10.6. The van der Waals surface area contributed by atoms with E-state index in [4.69, 9.17) is 9.26 Å². The van der Waals surface area contributed by atoms with E-state index in [-0.39, 0.29) is 0 Å². The second-order valence-electron chi connectivity index (χ2n) is 3.73. The normalized spacial score (nSPS) is 21.8. The van der Waals surface area contributed by atoms with Gasteiger partial charge in [-0.05, 0) is 26.3 Å². The Morgan fingerprint density at radius 3 is 3.27 bits per heavy atom. The average Bonchev–Trinajstić information content (AvgIpc) is 2.76. The molecule has 0 aromatic carbocycles. The average molecular weight is 211 g/mol. The third kappa shape index (κ3) is 2.76. The molecule has 84 valence electrons. The Bertz CT molecular complexity index is 295. The molecule has 1 aromatic rings. The van der Waals surface area contributed by atoms with Gasteiger partial charge in [0.2, 0.25) is 0 Å². The summed E-state index contributed by atoms with van der Waals surface area (Å²) in [6.45, 7) is 5.09. The number of nitrogens with zero attached hydrogens (tertiary/aromatic N) is 2. The van der Waals surface area contributed by atoms with Crippen LogP contribution < -0.4 is 5.32 Å². The van der Waals surface area contributed by atoms with Gasteiger partial charge in [0, 0.05) is 19.1 Å². The van der Waals surface area contributed by atoms with Gasteiger partial charge >= 0.3 is 0 Å². The predicted molar refractivity (Wildman–Crippen MR) is 54.5 cm³/mol. The van der Waals surface area contributed by atoms with E-state index in [2.05, 4.69) is 15.5 Å². The fourth-order valence-corrected chi connectivity index (χ4v) is 1.75. The predicted octanol–water partition coefficient (Wildman–Crippen LogP) is 1.07. The quantitative estimate of drug-likeness (QED) is 0.807. The molecule has 1 atom stereocenters. The monoisotopic (exact) mass is 211 g/mol. The molecule has 15 heavy (non-hydrogen) atoms. The molecular weight excluding hydrogens is 194 g/mol. The highest BCUT2D eigenvalue weighted by atomic mass is 16.5. The largest absolute Gasteiger partial charge is 0.372 e. The van der Waals surface area contributed by atoms with Crippen LogP contribution in [0, 0.1) is 0 Å².